The zero-order valence-corrected chi connectivity index (χ0v) is 11.5. The molecule has 4 nitrogen and oxygen atoms in total. The van der Waals surface area contributed by atoms with Crippen LogP contribution in [0.25, 0.3) is 0 Å². The van der Waals surface area contributed by atoms with Crippen LogP contribution in [0.15, 0.2) is 0 Å². The van der Waals surface area contributed by atoms with Crippen molar-refractivity contribution in [1.29, 1.82) is 0 Å². The average Bonchev–Trinajstić information content (AvgIpc) is 2.31. The number of ether oxygens (including phenoxy) is 1. The standard InChI is InChI=1S/C11H24N2O2S/c1-5-9(8-16-4)13(2)11(14)6-10(7-12)15-3/h9-10H,5-8,12H2,1-4H3. The smallest absolute Gasteiger partial charge is 0.225 e. The van der Waals surface area contributed by atoms with Crippen LogP contribution in [0.3, 0.4) is 0 Å². The Kier molecular flexibility index (Phi) is 8.70. The second-order valence-electron chi connectivity index (χ2n) is 3.82. The molecular formula is C11H24N2O2S. The van der Waals surface area contributed by atoms with E-state index in [9.17, 15) is 4.79 Å². The maximum Gasteiger partial charge on any atom is 0.225 e. The van der Waals surface area contributed by atoms with Gasteiger partial charge >= 0.3 is 0 Å². The fraction of sp³-hybridized carbons (Fsp3) is 0.909. The highest BCUT2D eigenvalue weighted by molar-refractivity contribution is 7.98. The van der Waals surface area contributed by atoms with Gasteiger partial charge in [-0.15, -0.1) is 0 Å². The molecule has 2 N–H and O–H groups in total. The van der Waals surface area contributed by atoms with E-state index in [1.165, 1.54) is 0 Å². The van der Waals surface area contributed by atoms with E-state index >= 15 is 0 Å². The van der Waals surface area contributed by atoms with Gasteiger partial charge < -0.3 is 15.4 Å². The van der Waals surface area contributed by atoms with Crippen molar-refractivity contribution in [2.75, 3.05) is 32.7 Å². The molecule has 1 amide bonds. The predicted molar refractivity (Wildman–Crippen MR) is 69.7 cm³/mol. The first-order valence-corrected chi connectivity index (χ1v) is 6.97. The molecule has 0 aliphatic heterocycles. The normalized spacial score (nSPS) is 14.6. The Labute approximate surface area is 103 Å². The number of hydrogen-bond donors (Lipinski definition) is 1. The first-order chi connectivity index (χ1) is 7.60. The van der Waals surface area contributed by atoms with Crippen molar-refractivity contribution in [3.05, 3.63) is 0 Å². The van der Waals surface area contributed by atoms with E-state index in [1.807, 2.05) is 11.9 Å². The predicted octanol–water partition coefficient (Wildman–Crippen LogP) is 0.950. The van der Waals surface area contributed by atoms with Gasteiger partial charge in [-0.1, -0.05) is 6.92 Å². The monoisotopic (exact) mass is 248 g/mol. The van der Waals surface area contributed by atoms with Gasteiger partial charge in [0, 0.05) is 32.5 Å². The molecule has 0 rings (SSSR count). The fourth-order valence-corrected chi connectivity index (χ4v) is 2.35. The van der Waals surface area contributed by atoms with E-state index in [0.29, 0.717) is 19.0 Å². The second kappa shape index (κ2) is 8.84. The topological polar surface area (TPSA) is 55.6 Å². The van der Waals surface area contributed by atoms with Gasteiger partial charge in [-0.2, -0.15) is 11.8 Å². The molecule has 2 unspecified atom stereocenters. The third-order valence-electron chi connectivity index (χ3n) is 2.77. The van der Waals surface area contributed by atoms with Crippen LogP contribution in [-0.2, 0) is 9.53 Å². The molecular weight excluding hydrogens is 224 g/mol. The number of hydrogen-bond acceptors (Lipinski definition) is 4. The zero-order chi connectivity index (χ0) is 12.6. The molecule has 0 aliphatic carbocycles. The summed E-state index contributed by atoms with van der Waals surface area (Å²) >= 11 is 1.76. The number of rotatable bonds is 8. The highest BCUT2D eigenvalue weighted by Crippen LogP contribution is 2.10. The van der Waals surface area contributed by atoms with Gasteiger partial charge in [0.05, 0.1) is 12.5 Å². The van der Waals surface area contributed by atoms with Crippen LogP contribution in [0.4, 0.5) is 0 Å². The van der Waals surface area contributed by atoms with Gasteiger partial charge in [-0.05, 0) is 12.7 Å². The lowest BCUT2D eigenvalue weighted by Gasteiger charge is -2.28. The van der Waals surface area contributed by atoms with Gasteiger partial charge in [0.25, 0.3) is 0 Å². The Morgan fingerprint density at radius 1 is 1.56 bits per heavy atom. The molecule has 0 fully saturated rings. The maximum atomic E-state index is 11.9. The summed E-state index contributed by atoms with van der Waals surface area (Å²) in [7, 11) is 3.44. The summed E-state index contributed by atoms with van der Waals surface area (Å²) in [6, 6.07) is 0.304. The van der Waals surface area contributed by atoms with Gasteiger partial charge in [0.15, 0.2) is 0 Å². The molecule has 16 heavy (non-hydrogen) atoms. The molecule has 0 aromatic heterocycles. The Morgan fingerprint density at radius 2 is 2.19 bits per heavy atom. The van der Waals surface area contributed by atoms with Crippen molar-refractivity contribution >= 4 is 17.7 Å². The largest absolute Gasteiger partial charge is 0.380 e. The van der Waals surface area contributed by atoms with E-state index in [0.717, 1.165) is 12.2 Å². The van der Waals surface area contributed by atoms with E-state index in [1.54, 1.807) is 18.9 Å². The summed E-state index contributed by atoms with van der Waals surface area (Å²) in [6.45, 7) is 2.48. The minimum absolute atomic E-state index is 0.109. The molecule has 0 radical (unpaired) electrons. The molecule has 96 valence electrons. The van der Waals surface area contributed by atoms with E-state index in [-0.39, 0.29) is 12.0 Å². The Morgan fingerprint density at radius 3 is 2.56 bits per heavy atom. The summed E-state index contributed by atoms with van der Waals surface area (Å²) in [5.41, 5.74) is 5.50. The molecule has 0 bridgehead atoms. The molecule has 0 heterocycles. The van der Waals surface area contributed by atoms with Crippen molar-refractivity contribution in [3.8, 4) is 0 Å². The minimum Gasteiger partial charge on any atom is -0.380 e. The summed E-state index contributed by atoms with van der Waals surface area (Å²) in [5, 5.41) is 0. The van der Waals surface area contributed by atoms with Crippen molar-refractivity contribution < 1.29 is 9.53 Å². The van der Waals surface area contributed by atoms with Crippen molar-refractivity contribution in [2.24, 2.45) is 5.73 Å². The van der Waals surface area contributed by atoms with Gasteiger partial charge in [0.2, 0.25) is 5.91 Å². The molecule has 0 saturated carbocycles. The summed E-state index contributed by atoms with van der Waals surface area (Å²) in [4.78, 5) is 13.7. The lowest BCUT2D eigenvalue weighted by Crippen LogP contribution is -2.41. The molecule has 0 saturated heterocycles. The molecule has 5 heteroatoms. The number of nitrogens with zero attached hydrogens (tertiary/aromatic N) is 1. The minimum atomic E-state index is -0.165. The van der Waals surface area contributed by atoms with Crippen LogP contribution in [0, 0.1) is 0 Å². The molecule has 0 aliphatic rings. The van der Waals surface area contributed by atoms with Crippen LogP contribution >= 0.6 is 11.8 Å². The highest BCUT2D eigenvalue weighted by atomic mass is 32.2. The maximum absolute atomic E-state index is 11.9. The quantitative estimate of drug-likeness (QED) is 0.695. The number of carbonyl (C=O) groups is 1. The van der Waals surface area contributed by atoms with Crippen LogP contribution in [0.2, 0.25) is 0 Å². The Balaban J connectivity index is 4.23. The average molecular weight is 248 g/mol. The van der Waals surface area contributed by atoms with Crippen LogP contribution < -0.4 is 5.73 Å². The number of carbonyl (C=O) groups excluding carboxylic acids is 1. The van der Waals surface area contributed by atoms with Crippen molar-refractivity contribution in [2.45, 2.75) is 31.9 Å². The first kappa shape index (κ1) is 15.7. The van der Waals surface area contributed by atoms with Crippen LogP contribution in [0.1, 0.15) is 19.8 Å². The lowest BCUT2D eigenvalue weighted by atomic mass is 10.2. The van der Waals surface area contributed by atoms with Gasteiger partial charge in [0.1, 0.15) is 0 Å². The van der Waals surface area contributed by atoms with Crippen molar-refractivity contribution in [3.63, 3.8) is 0 Å². The fourth-order valence-electron chi connectivity index (χ4n) is 1.50. The van der Waals surface area contributed by atoms with Gasteiger partial charge in [-0.3, -0.25) is 4.79 Å². The first-order valence-electron chi connectivity index (χ1n) is 5.58. The zero-order valence-electron chi connectivity index (χ0n) is 10.7. The van der Waals surface area contributed by atoms with E-state index in [4.69, 9.17) is 10.5 Å². The lowest BCUT2D eigenvalue weighted by molar-refractivity contribution is -0.134. The van der Waals surface area contributed by atoms with Crippen LogP contribution in [-0.4, -0.2) is 55.7 Å². The SMILES string of the molecule is CCC(CSC)N(C)C(=O)CC(CN)OC. The molecule has 0 aromatic rings. The van der Waals surface area contributed by atoms with E-state index in [2.05, 4.69) is 13.2 Å². The number of methoxy groups -OCH3 is 1. The highest BCUT2D eigenvalue weighted by Gasteiger charge is 2.20. The molecule has 0 aromatic carbocycles. The van der Waals surface area contributed by atoms with Gasteiger partial charge in [-0.25, -0.2) is 0 Å². The molecule has 2 atom stereocenters. The van der Waals surface area contributed by atoms with Crippen LogP contribution in [0.5, 0.6) is 0 Å². The summed E-state index contributed by atoms with van der Waals surface area (Å²) in [6.07, 6.45) is 3.23. The number of amides is 1. The second-order valence-corrected chi connectivity index (χ2v) is 4.73. The number of thioether (sulfide) groups is 1. The third-order valence-corrected chi connectivity index (χ3v) is 3.49. The Bertz CT molecular complexity index is 198. The molecule has 0 spiro atoms. The summed E-state index contributed by atoms with van der Waals surface area (Å²) < 4.78 is 5.12. The van der Waals surface area contributed by atoms with E-state index < -0.39 is 0 Å². The Hall–Kier alpha value is -0.260. The number of nitrogens with two attached hydrogens (primary N) is 1. The summed E-state index contributed by atoms with van der Waals surface area (Å²) in [5.74, 6) is 1.08. The third kappa shape index (κ3) is 5.18. The van der Waals surface area contributed by atoms with Crippen molar-refractivity contribution in [1.82, 2.24) is 4.90 Å².